The number of aryl methyl sites for hydroxylation is 2. The second-order valence-corrected chi connectivity index (χ2v) is 3.57. The van der Waals surface area contributed by atoms with Gasteiger partial charge in [-0.3, -0.25) is 0 Å². The quantitative estimate of drug-likeness (QED) is 0.741. The summed E-state index contributed by atoms with van der Waals surface area (Å²) >= 11 is 0. The molecule has 3 heteroatoms. The zero-order valence-electron chi connectivity index (χ0n) is 8.90. The van der Waals surface area contributed by atoms with E-state index in [-0.39, 0.29) is 6.04 Å². The Balaban J connectivity index is 2.87. The molecule has 1 aromatic rings. The third kappa shape index (κ3) is 3.22. The average molecular weight is 205 g/mol. The molecule has 1 aromatic carbocycles. The van der Waals surface area contributed by atoms with Crippen LogP contribution in [0, 0.1) is 13.8 Å². The predicted molar refractivity (Wildman–Crippen MR) is 59.6 cm³/mol. The summed E-state index contributed by atoms with van der Waals surface area (Å²) < 4.78 is 0. The van der Waals surface area contributed by atoms with Gasteiger partial charge in [0, 0.05) is 12.1 Å². The number of rotatable bonds is 3. The number of hydrogen-bond acceptors (Lipinski definition) is 2. The van der Waals surface area contributed by atoms with Crippen molar-refractivity contribution in [2.24, 2.45) is 5.73 Å². The van der Waals surface area contributed by atoms with Crippen molar-refractivity contribution in [3.63, 3.8) is 0 Å². The van der Waals surface area contributed by atoms with Gasteiger partial charge in [-0.25, -0.2) is 4.79 Å². The highest BCUT2D eigenvalue weighted by Crippen LogP contribution is 2.16. The average Bonchev–Trinajstić information content (AvgIpc) is 2.18. The lowest BCUT2D eigenvalue weighted by Crippen LogP contribution is -2.08. The lowest BCUT2D eigenvalue weighted by atomic mass is 10.0. The molecule has 1 unspecified atom stereocenters. The van der Waals surface area contributed by atoms with Gasteiger partial charge in [0.1, 0.15) is 0 Å². The topological polar surface area (TPSA) is 63.3 Å². The molecule has 0 heterocycles. The van der Waals surface area contributed by atoms with Gasteiger partial charge in [0.2, 0.25) is 0 Å². The van der Waals surface area contributed by atoms with E-state index in [0.29, 0.717) is 0 Å². The number of benzene rings is 1. The van der Waals surface area contributed by atoms with E-state index in [9.17, 15) is 4.79 Å². The van der Waals surface area contributed by atoms with E-state index < -0.39 is 5.97 Å². The Bertz CT molecular complexity index is 397. The first-order valence-corrected chi connectivity index (χ1v) is 4.74. The Morgan fingerprint density at radius 3 is 2.60 bits per heavy atom. The van der Waals surface area contributed by atoms with Crippen LogP contribution in [-0.2, 0) is 4.79 Å². The van der Waals surface area contributed by atoms with Crippen LogP contribution in [0.1, 0.15) is 22.7 Å². The maximum atomic E-state index is 10.3. The molecule has 0 radical (unpaired) electrons. The maximum absolute atomic E-state index is 10.3. The minimum absolute atomic E-state index is 0.361. The monoisotopic (exact) mass is 205 g/mol. The molecule has 0 bridgehead atoms. The largest absolute Gasteiger partial charge is 0.478 e. The van der Waals surface area contributed by atoms with Crippen molar-refractivity contribution < 1.29 is 9.90 Å². The van der Waals surface area contributed by atoms with Crippen LogP contribution in [-0.4, -0.2) is 11.1 Å². The van der Waals surface area contributed by atoms with Gasteiger partial charge in [-0.1, -0.05) is 24.3 Å². The molecule has 0 aliphatic carbocycles. The third-order valence-corrected chi connectivity index (χ3v) is 2.36. The Morgan fingerprint density at radius 2 is 2.07 bits per heavy atom. The molecule has 0 saturated heterocycles. The van der Waals surface area contributed by atoms with Gasteiger partial charge in [-0.05, 0) is 30.5 Å². The summed E-state index contributed by atoms with van der Waals surface area (Å²) in [6.45, 7) is 4.03. The van der Waals surface area contributed by atoms with E-state index in [0.717, 1.165) is 17.2 Å². The molecule has 3 nitrogen and oxygen atoms in total. The van der Waals surface area contributed by atoms with Crippen molar-refractivity contribution in [1.82, 2.24) is 0 Å². The van der Waals surface area contributed by atoms with Crippen LogP contribution < -0.4 is 5.73 Å². The smallest absolute Gasteiger partial charge is 0.328 e. The van der Waals surface area contributed by atoms with Gasteiger partial charge in [0.05, 0.1) is 0 Å². The van der Waals surface area contributed by atoms with Crippen molar-refractivity contribution in [1.29, 1.82) is 0 Å². The molecule has 15 heavy (non-hydrogen) atoms. The lowest BCUT2D eigenvalue weighted by Gasteiger charge is -2.09. The Kier molecular flexibility index (Phi) is 3.63. The van der Waals surface area contributed by atoms with Crippen molar-refractivity contribution in [2.75, 3.05) is 0 Å². The first-order valence-electron chi connectivity index (χ1n) is 4.74. The second-order valence-electron chi connectivity index (χ2n) is 3.57. The van der Waals surface area contributed by atoms with Crippen LogP contribution in [0.25, 0.3) is 0 Å². The number of carbonyl (C=O) groups is 1. The molecule has 1 atom stereocenters. The summed E-state index contributed by atoms with van der Waals surface area (Å²) in [5, 5.41) is 8.47. The second kappa shape index (κ2) is 4.75. The minimum atomic E-state index is -0.978. The van der Waals surface area contributed by atoms with Crippen LogP contribution in [0.15, 0.2) is 30.4 Å². The van der Waals surface area contributed by atoms with Crippen molar-refractivity contribution in [3.05, 3.63) is 47.0 Å². The summed E-state index contributed by atoms with van der Waals surface area (Å²) in [5.74, 6) is -0.978. The van der Waals surface area contributed by atoms with Crippen LogP contribution in [0.4, 0.5) is 0 Å². The van der Waals surface area contributed by atoms with E-state index >= 15 is 0 Å². The highest BCUT2D eigenvalue weighted by molar-refractivity contribution is 5.79. The van der Waals surface area contributed by atoms with Crippen molar-refractivity contribution in [2.45, 2.75) is 19.9 Å². The zero-order chi connectivity index (χ0) is 11.4. The van der Waals surface area contributed by atoms with Gasteiger partial charge < -0.3 is 10.8 Å². The van der Waals surface area contributed by atoms with E-state index in [2.05, 4.69) is 0 Å². The standard InChI is InChI=1S/C12H15NO2/c1-8-3-4-10(7-9(8)2)11(13)5-6-12(14)15/h3-7,11H,13H2,1-2H3,(H,14,15)/b6-5+. The highest BCUT2D eigenvalue weighted by Gasteiger charge is 2.03. The minimum Gasteiger partial charge on any atom is -0.478 e. The molecular formula is C12H15NO2. The number of nitrogens with two attached hydrogens (primary N) is 1. The fourth-order valence-corrected chi connectivity index (χ4v) is 1.27. The van der Waals surface area contributed by atoms with E-state index in [4.69, 9.17) is 10.8 Å². The first-order chi connectivity index (χ1) is 7.00. The summed E-state index contributed by atoms with van der Waals surface area (Å²) in [6, 6.07) is 5.52. The van der Waals surface area contributed by atoms with Gasteiger partial charge in [-0.15, -0.1) is 0 Å². The third-order valence-electron chi connectivity index (χ3n) is 2.36. The Labute approximate surface area is 89.2 Å². The van der Waals surface area contributed by atoms with Crippen molar-refractivity contribution in [3.8, 4) is 0 Å². The maximum Gasteiger partial charge on any atom is 0.328 e. The molecule has 0 aliphatic rings. The van der Waals surface area contributed by atoms with Gasteiger partial charge in [0.15, 0.2) is 0 Å². The first kappa shape index (κ1) is 11.5. The number of carboxylic acid groups (broad SMARTS) is 1. The molecule has 3 N–H and O–H groups in total. The fraction of sp³-hybridized carbons (Fsp3) is 0.250. The molecular weight excluding hydrogens is 190 g/mol. The predicted octanol–water partition coefficient (Wildman–Crippen LogP) is 1.94. The van der Waals surface area contributed by atoms with E-state index in [1.807, 2.05) is 32.0 Å². The van der Waals surface area contributed by atoms with Gasteiger partial charge >= 0.3 is 5.97 Å². The summed E-state index contributed by atoms with van der Waals surface area (Å²) in [7, 11) is 0. The van der Waals surface area contributed by atoms with Crippen LogP contribution in [0.2, 0.25) is 0 Å². The summed E-state index contributed by atoms with van der Waals surface area (Å²) in [5.41, 5.74) is 9.10. The molecule has 0 fully saturated rings. The van der Waals surface area contributed by atoms with Crippen molar-refractivity contribution >= 4 is 5.97 Å². The SMILES string of the molecule is Cc1ccc(C(N)/C=C/C(=O)O)cc1C. The van der Waals surface area contributed by atoms with Crippen LogP contribution in [0.3, 0.4) is 0 Å². The van der Waals surface area contributed by atoms with Crippen LogP contribution >= 0.6 is 0 Å². The van der Waals surface area contributed by atoms with Gasteiger partial charge in [-0.2, -0.15) is 0 Å². The van der Waals surface area contributed by atoms with Gasteiger partial charge in [0.25, 0.3) is 0 Å². The molecule has 0 aromatic heterocycles. The number of hydrogen-bond donors (Lipinski definition) is 2. The van der Waals surface area contributed by atoms with E-state index in [1.54, 1.807) is 0 Å². The molecule has 0 amide bonds. The number of carboxylic acids is 1. The summed E-state index contributed by atoms with van der Waals surface area (Å²) in [4.78, 5) is 10.3. The zero-order valence-corrected chi connectivity index (χ0v) is 8.90. The normalized spacial score (nSPS) is 13.0. The highest BCUT2D eigenvalue weighted by atomic mass is 16.4. The van der Waals surface area contributed by atoms with Crippen LogP contribution in [0.5, 0.6) is 0 Å². The molecule has 0 aliphatic heterocycles. The number of aliphatic carboxylic acids is 1. The summed E-state index contributed by atoms with van der Waals surface area (Å²) in [6.07, 6.45) is 2.55. The molecule has 1 rings (SSSR count). The molecule has 80 valence electrons. The fourth-order valence-electron chi connectivity index (χ4n) is 1.27. The Hall–Kier alpha value is -1.61. The molecule has 0 spiro atoms. The van der Waals surface area contributed by atoms with E-state index in [1.165, 1.54) is 11.6 Å². The molecule has 0 saturated carbocycles. The lowest BCUT2D eigenvalue weighted by molar-refractivity contribution is -0.131. The Morgan fingerprint density at radius 1 is 1.40 bits per heavy atom.